The van der Waals surface area contributed by atoms with Crippen LogP contribution in [0.4, 0.5) is 0 Å². The first-order valence-electron chi connectivity index (χ1n) is 6.61. The number of fused-ring (bicyclic) bond motifs is 1. The van der Waals surface area contributed by atoms with Gasteiger partial charge in [0.1, 0.15) is 0 Å². The van der Waals surface area contributed by atoms with E-state index in [1.807, 2.05) is 32.0 Å². The Bertz CT molecular complexity index is 549. The topological polar surface area (TPSA) is 38.8 Å². The van der Waals surface area contributed by atoms with E-state index in [0.29, 0.717) is 18.8 Å². The molecular weight excluding hydrogens is 254 g/mol. The second-order valence-corrected chi connectivity index (χ2v) is 4.76. The molecule has 0 bridgehead atoms. The Kier molecular flexibility index (Phi) is 4.45. The van der Waals surface area contributed by atoms with Gasteiger partial charge in [-0.05, 0) is 37.6 Å². The van der Waals surface area contributed by atoms with E-state index in [1.54, 1.807) is 17.1 Å². The minimum absolute atomic E-state index is 0.0202. The molecule has 20 heavy (non-hydrogen) atoms. The molecule has 1 aromatic carbocycles. The third-order valence-electron chi connectivity index (χ3n) is 2.97. The lowest BCUT2D eigenvalue weighted by Gasteiger charge is -2.18. The molecule has 0 spiro atoms. The summed E-state index contributed by atoms with van der Waals surface area (Å²) in [5.41, 5.74) is 1.88. The van der Waals surface area contributed by atoms with E-state index >= 15 is 0 Å². The summed E-state index contributed by atoms with van der Waals surface area (Å²) in [6.07, 6.45) is 3.36. The molecule has 0 radical (unpaired) electrons. The SMILES string of the molecule is C=C(C)CN(CC)C(=O)C=Cc1ccc2c(c1)OCO2. The lowest BCUT2D eigenvalue weighted by molar-refractivity contribution is -0.125. The molecule has 1 amide bonds. The normalized spacial score (nSPS) is 12.7. The summed E-state index contributed by atoms with van der Waals surface area (Å²) in [5.74, 6) is 1.44. The summed E-state index contributed by atoms with van der Waals surface area (Å²) in [7, 11) is 0. The first-order chi connectivity index (χ1) is 9.60. The molecular formula is C16H19NO3. The number of hydrogen-bond acceptors (Lipinski definition) is 3. The monoisotopic (exact) mass is 273 g/mol. The molecule has 0 aliphatic carbocycles. The van der Waals surface area contributed by atoms with Crippen molar-refractivity contribution in [3.63, 3.8) is 0 Å². The number of rotatable bonds is 5. The van der Waals surface area contributed by atoms with E-state index in [9.17, 15) is 4.79 Å². The standard InChI is InChI=1S/C16H19NO3/c1-4-17(10-12(2)3)16(18)8-6-13-5-7-14-15(9-13)20-11-19-14/h5-9H,2,4,10-11H2,1,3H3. The number of nitrogens with zero attached hydrogens (tertiary/aromatic N) is 1. The number of likely N-dealkylation sites (N-methyl/N-ethyl adjacent to an activating group) is 1. The fourth-order valence-corrected chi connectivity index (χ4v) is 1.96. The number of carbonyl (C=O) groups excluding carboxylic acids is 1. The van der Waals surface area contributed by atoms with E-state index < -0.39 is 0 Å². The van der Waals surface area contributed by atoms with E-state index in [2.05, 4.69) is 6.58 Å². The van der Waals surface area contributed by atoms with Gasteiger partial charge in [0, 0.05) is 19.2 Å². The maximum Gasteiger partial charge on any atom is 0.246 e. The zero-order chi connectivity index (χ0) is 14.5. The number of benzene rings is 1. The molecule has 0 aromatic heterocycles. The average molecular weight is 273 g/mol. The van der Waals surface area contributed by atoms with Gasteiger partial charge in [-0.2, -0.15) is 0 Å². The van der Waals surface area contributed by atoms with Crippen LogP contribution in [0, 0.1) is 0 Å². The Morgan fingerprint density at radius 2 is 2.15 bits per heavy atom. The first-order valence-corrected chi connectivity index (χ1v) is 6.61. The van der Waals surface area contributed by atoms with Crippen molar-refractivity contribution in [3.05, 3.63) is 42.0 Å². The first kappa shape index (κ1) is 14.2. The predicted octanol–water partition coefficient (Wildman–Crippen LogP) is 2.85. The molecule has 0 atom stereocenters. The Morgan fingerprint density at radius 3 is 2.85 bits per heavy atom. The van der Waals surface area contributed by atoms with Crippen LogP contribution in [0.3, 0.4) is 0 Å². The Hall–Kier alpha value is -2.23. The van der Waals surface area contributed by atoms with Crippen molar-refractivity contribution >= 4 is 12.0 Å². The fourth-order valence-electron chi connectivity index (χ4n) is 1.96. The summed E-state index contributed by atoms with van der Waals surface area (Å²) in [5, 5.41) is 0. The van der Waals surface area contributed by atoms with Gasteiger partial charge in [-0.3, -0.25) is 4.79 Å². The van der Waals surface area contributed by atoms with Crippen molar-refractivity contribution in [2.45, 2.75) is 13.8 Å². The lowest BCUT2D eigenvalue weighted by Crippen LogP contribution is -2.30. The quantitative estimate of drug-likeness (QED) is 0.611. The highest BCUT2D eigenvalue weighted by Crippen LogP contribution is 2.32. The zero-order valence-corrected chi connectivity index (χ0v) is 11.9. The van der Waals surface area contributed by atoms with Gasteiger partial charge in [0.15, 0.2) is 11.5 Å². The molecule has 1 aromatic rings. The van der Waals surface area contributed by atoms with Gasteiger partial charge in [-0.25, -0.2) is 0 Å². The highest BCUT2D eigenvalue weighted by molar-refractivity contribution is 5.92. The smallest absolute Gasteiger partial charge is 0.246 e. The number of ether oxygens (including phenoxy) is 2. The highest BCUT2D eigenvalue weighted by atomic mass is 16.7. The Morgan fingerprint density at radius 1 is 1.40 bits per heavy atom. The minimum Gasteiger partial charge on any atom is -0.454 e. The van der Waals surface area contributed by atoms with Crippen molar-refractivity contribution in [2.75, 3.05) is 19.9 Å². The summed E-state index contributed by atoms with van der Waals surface area (Å²) < 4.78 is 10.6. The van der Waals surface area contributed by atoms with Crippen molar-refractivity contribution in [1.82, 2.24) is 4.90 Å². The Labute approximate surface area is 119 Å². The van der Waals surface area contributed by atoms with Crippen LogP contribution in [0.5, 0.6) is 11.5 Å². The second-order valence-electron chi connectivity index (χ2n) is 4.76. The third-order valence-corrected chi connectivity index (χ3v) is 2.97. The molecule has 0 saturated carbocycles. The maximum absolute atomic E-state index is 12.1. The van der Waals surface area contributed by atoms with Gasteiger partial charge in [-0.15, -0.1) is 0 Å². The van der Waals surface area contributed by atoms with Gasteiger partial charge in [0.25, 0.3) is 0 Å². The predicted molar refractivity (Wildman–Crippen MR) is 78.7 cm³/mol. The second kappa shape index (κ2) is 6.28. The van der Waals surface area contributed by atoms with Crippen LogP contribution in [-0.4, -0.2) is 30.7 Å². The Balaban J connectivity index is 2.04. The molecule has 0 unspecified atom stereocenters. The zero-order valence-electron chi connectivity index (χ0n) is 11.9. The molecule has 0 saturated heterocycles. The van der Waals surface area contributed by atoms with Crippen LogP contribution in [0.25, 0.3) is 6.08 Å². The number of carbonyl (C=O) groups is 1. The molecule has 106 valence electrons. The van der Waals surface area contributed by atoms with Crippen LogP contribution in [0.1, 0.15) is 19.4 Å². The molecule has 1 aliphatic heterocycles. The van der Waals surface area contributed by atoms with E-state index in [0.717, 1.165) is 16.9 Å². The van der Waals surface area contributed by atoms with E-state index in [4.69, 9.17) is 9.47 Å². The van der Waals surface area contributed by atoms with E-state index in [-0.39, 0.29) is 12.7 Å². The van der Waals surface area contributed by atoms with Crippen LogP contribution in [0.15, 0.2) is 36.4 Å². The highest BCUT2D eigenvalue weighted by Gasteiger charge is 2.12. The summed E-state index contributed by atoms with van der Waals surface area (Å²) >= 11 is 0. The van der Waals surface area contributed by atoms with Crippen LogP contribution >= 0.6 is 0 Å². The summed E-state index contributed by atoms with van der Waals surface area (Å²) in [6.45, 7) is 9.20. The van der Waals surface area contributed by atoms with Crippen molar-refractivity contribution in [2.24, 2.45) is 0 Å². The van der Waals surface area contributed by atoms with Crippen molar-refractivity contribution in [3.8, 4) is 11.5 Å². The van der Waals surface area contributed by atoms with Crippen molar-refractivity contribution in [1.29, 1.82) is 0 Å². The lowest BCUT2D eigenvalue weighted by atomic mass is 10.2. The molecule has 1 heterocycles. The minimum atomic E-state index is -0.0202. The maximum atomic E-state index is 12.1. The average Bonchev–Trinajstić information content (AvgIpc) is 2.89. The molecule has 0 fully saturated rings. The molecule has 4 heteroatoms. The molecule has 1 aliphatic rings. The summed E-state index contributed by atoms with van der Waals surface area (Å²) in [6, 6.07) is 5.60. The fraction of sp³-hybridized carbons (Fsp3) is 0.312. The molecule has 2 rings (SSSR count). The van der Waals surface area contributed by atoms with Gasteiger partial charge in [-0.1, -0.05) is 18.2 Å². The molecule has 0 N–H and O–H groups in total. The number of hydrogen-bond donors (Lipinski definition) is 0. The van der Waals surface area contributed by atoms with Crippen molar-refractivity contribution < 1.29 is 14.3 Å². The largest absolute Gasteiger partial charge is 0.454 e. The van der Waals surface area contributed by atoms with Gasteiger partial charge >= 0.3 is 0 Å². The van der Waals surface area contributed by atoms with Crippen LogP contribution in [-0.2, 0) is 4.79 Å². The summed E-state index contributed by atoms with van der Waals surface area (Å²) in [4.78, 5) is 13.8. The molecule has 4 nitrogen and oxygen atoms in total. The van der Waals surface area contributed by atoms with Crippen LogP contribution < -0.4 is 9.47 Å². The van der Waals surface area contributed by atoms with Gasteiger partial charge < -0.3 is 14.4 Å². The van der Waals surface area contributed by atoms with E-state index in [1.165, 1.54) is 0 Å². The van der Waals surface area contributed by atoms with Crippen LogP contribution in [0.2, 0.25) is 0 Å². The van der Waals surface area contributed by atoms with Gasteiger partial charge in [0.05, 0.1) is 0 Å². The van der Waals surface area contributed by atoms with Gasteiger partial charge in [0.2, 0.25) is 12.7 Å². The number of amides is 1. The third kappa shape index (κ3) is 3.41.